The summed E-state index contributed by atoms with van der Waals surface area (Å²) < 4.78 is 17.9. The summed E-state index contributed by atoms with van der Waals surface area (Å²) in [6.45, 7) is 0.776. The topological polar surface area (TPSA) is 65.0 Å². The molecule has 1 N–H and O–H groups in total. The summed E-state index contributed by atoms with van der Waals surface area (Å²) in [7, 11) is 1.65. The lowest BCUT2D eigenvalue weighted by Crippen LogP contribution is -2.49. The van der Waals surface area contributed by atoms with Gasteiger partial charge in [0.05, 0.1) is 25.2 Å². The minimum absolute atomic E-state index is 0.101. The number of hydrogen-bond acceptors (Lipinski definition) is 4. The molecule has 0 aromatic heterocycles. The molecule has 0 amide bonds. The highest BCUT2D eigenvalue weighted by atomic mass is 16.5. The van der Waals surface area contributed by atoms with Crippen LogP contribution in [-0.2, 0) is 15.1 Å². The van der Waals surface area contributed by atoms with Gasteiger partial charge in [0, 0.05) is 6.07 Å². The van der Waals surface area contributed by atoms with E-state index >= 15 is 0 Å². The second-order valence-corrected chi connectivity index (χ2v) is 9.57. The van der Waals surface area contributed by atoms with Gasteiger partial charge < -0.3 is 19.3 Å². The number of benzene rings is 2. The highest BCUT2D eigenvalue weighted by Crippen LogP contribution is 2.57. The molecule has 2 bridgehead atoms. The molecule has 4 aliphatic rings. The Labute approximate surface area is 183 Å². The summed E-state index contributed by atoms with van der Waals surface area (Å²) in [5, 5.41) is 9.15. The van der Waals surface area contributed by atoms with Crippen molar-refractivity contribution in [3.05, 3.63) is 54.1 Å². The molecule has 2 heterocycles. The number of ether oxygens (including phenoxy) is 3. The summed E-state index contributed by atoms with van der Waals surface area (Å²) >= 11 is 0. The Kier molecular flexibility index (Phi) is 5.17. The van der Waals surface area contributed by atoms with Crippen LogP contribution in [0, 0.1) is 17.3 Å². The molecule has 2 atom stereocenters. The fraction of sp³-hybridized carbons (Fsp3) is 0.500. The van der Waals surface area contributed by atoms with E-state index in [1.807, 2.05) is 36.4 Å². The molecule has 0 spiro atoms. The van der Waals surface area contributed by atoms with Gasteiger partial charge in [-0.3, -0.25) is 4.79 Å². The third kappa shape index (κ3) is 4.03. The quantitative estimate of drug-likeness (QED) is 0.585. The first kappa shape index (κ1) is 20.4. The normalized spacial score (nSPS) is 31.3. The van der Waals surface area contributed by atoms with Crippen LogP contribution < -0.4 is 9.47 Å². The zero-order valence-electron chi connectivity index (χ0n) is 18.0. The summed E-state index contributed by atoms with van der Waals surface area (Å²) in [5.74, 6) is 1.98. The van der Waals surface area contributed by atoms with E-state index in [4.69, 9.17) is 19.3 Å². The van der Waals surface area contributed by atoms with Crippen molar-refractivity contribution in [2.75, 3.05) is 13.7 Å². The van der Waals surface area contributed by atoms with Gasteiger partial charge in [0.15, 0.2) is 0 Å². The Morgan fingerprint density at radius 3 is 2.42 bits per heavy atom. The predicted octanol–water partition coefficient (Wildman–Crippen LogP) is 5.77. The Hall–Kier alpha value is -2.53. The van der Waals surface area contributed by atoms with E-state index in [1.165, 1.54) is 5.56 Å². The fourth-order valence-electron chi connectivity index (χ4n) is 5.46. The number of carboxylic acids is 1. The van der Waals surface area contributed by atoms with Crippen molar-refractivity contribution in [1.82, 2.24) is 0 Å². The highest BCUT2D eigenvalue weighted by Gasteiger charge is 2.52. The number of carbonyl (C=O) groups is 1. The third-order valence-corrected chi connectivity index (χ3v) is 7.70. The lowest BCUT2D eigenvalue weighted by atomic mass is 9.62. The van der Waals surface area contributed by atoms with Crippen molar-refractivity contribution in [2.45, 2.75) is 50.5 Å². The minimum atomic E-state index is -0.624. The maximum Gasteiger partial charge on any atom is 0.306 e. The van der Waals surface area contributed by atoms with E-state index in [-0.39, 0.29) is 16.9 Å². The Morgan fingerprint density at radius 1 is 1.06 bits per heavy atom. The molecule has 2 unspecified atom stereocenters. The molecule has 6 rings (SSSR count). The van der Waals surface area contributed by atoms with Gasteiger partial charge in [-0.2, -0.15) is 0 Å². The molecule has 5 heteroatoms. The van der Waals surface area contributed by atoms with Crippen molar-refractivity contribution in [1.29, 1.82) is 0 Å². The SMILES string of the molecule is COc1cccc(Oc2cccc(C34CCC(CCC5CC5C(=O)O)(CC3)CO4)c2)c1. The summed E-state index contributed by atoms with van der Waals surface area (Å²) in [6, 6.07) is 15.9. The standard InChI is InChI=1S/C26H30O5/c1-29-20-5-3-7-22(16-20)31-21-6-2-4-19(15-21)26-12-10-25(11-13-26,17-30-26)9-8-18-14-23(18)24(27)28/h2-7,15-16,18,23H,8-14,17H2,1H3,(H,27,28). The van der Waals surface area contributed by atoms with Gasteiger partial charge in [-0.15, -0.1) is 0 Å². The maximum absolute atomic E-state index is 11.1. The molecule has 2 saturated heterocycles. The predicted molar refractivity (Wildman–Crippen MR) is 117 cm³/mol. The molecule has 164 valence electrons. The van der Waals surface area contributed by atoms with Crippen molar-refractivity contribution in [3.8, 4) is 17.2 Å². The molecule has 2 aromatic rings. The van der Waals surface area contributed by atoms with Crippen LogP contribution in [0.15, 0.2) is 48.5 Å². The Bertz CT molecular complexity index is 943. The molecule has 0 radical (unpaired) electrons. The van der Waals surface area contributed by atoms with E-state index in [2.05, 4.69) is 12.1 Å². The van der Waals surface area contributed by atoms with Gasteiger partial charge in [0.2, 0.25) is 0 Å². The van der Waals surface area contributed by atoms with Gasteiger partial charge in [-0.1, -0.05) is 18.2 Å². The zero-order valence-corrected chi connectivity index (χ0v) is 18.0. The van der Waals surface area contributed by atoms with Gasteiger partial charge in [-0.05, 0) is 86.1 Å². The van der Waals surface area contributed by atoms with Gasteiger partial charge in [0.25, 0.3) is 0 Å². The van der Waals surface area contributed by atoms with Crippen LogP contribution in [0.5, 0.6) is 17.2 Å². The number of methoxy groups -OCH3 is 1. The maximum atomic E-state index is 11.1. The monoisotopic (exact) mass is 422 g/mol. The molecule has 2 aliphatic heterocycles. The highest BCUT2D eigenvalue weighted by molar-refractivity contribution is 5.73. The lowest BCUT2D eigenvalue weighted by Gasteiger charge is -2.53. The second-order valence-electron chi connectivity index (χ2n) is 9.57. The Balaban J connectivity index is 1.24. The summed E-state index contributed by atoms with van der Waals surface area (Å²) in [5.41, 5.74) is 1.20. The molecule has 2 saturated carbocycles. The second kappa shape index (κ2) is 7.86. The molecular weight excluding hydrogens is 392 g/mol. The third-order valence-electron chi connectivity index (χ3n) is 7.70. The molecule has 2 aliphatic carbocycles. The summed E-state index contributed by atoms with van der Waals surface area (Å²) in [6.07, 6.45) is 7.31. The first-order valence-corrected chi connectivity index (χ1v) is 11.3. The van der Waals surface area contributed by atoms with Crippen molar-refractivity contribution in [2.24, 2.45) is 17.3 Å². The largest absolute Gasteiger partial charge is 0.497 e. The molecule has 31 heavy (non-hydrogen) atoms. The first-order chi connectivity index (χ1) is 15.0. The van der Waals surface area contributed by atoms with Crippen LogP contribution >= 0.6 is 0 Å². The van der Waals surface area contributed by atoms with E-state index in [1.54, 1.807) is 7.11 Å². The van der Waals surface area contributed by atoms with Crippen LogP contribution in [-0.4, -0.2) is 24.8 Å². The van der Waals surface area contributed by atoms with Crippen molar-refractivity contribution in [3.63, 3.8) is 0 Å². The average molecular weight is 423 g/mol. The first-order valence-electron chi connectivity index (χ1n) is 11.3. The van der Waals surface area contributed by atoms with Crippen LogP contribution in [0.2, 0.25) is 0 Å². The summed E-state index contributed by atoms with van der Waals surface area (Å²) in [4.78, 5) is 11.1. The van der Waals surface area contributed by atoms with Crippen LogP contribution in [0.4, 0.5) is 0 Å². The molecule has 4 fully saturated rings. The van der Waals surface area contributed by atoms with Crippen LogP contribution in [0.25, 0.3) is 0 Å². The number of aliphatic carboxylic acids is 1. The number of carboxylic acid groups (broad SMARTS) is 1. The van der Waals surface area contributed by atoms with E-state index in [0.29, 0.717) is 5.92 Å². The smallest absolute Gasteiger partial charge is 0.306 e. The Morgan fingerprint density at radius 2 is 1.77 bits per heavy atom. The number of hydrogen-bond donors (Lipinski definition) is 1. The molecular formula is C26H30O5. The van der Waals surface area contributed by atoms with Crippen LogP contribution in [0.3, 0.4) is 0 Å². The van der Waals surface area contributed by atoms with Gasteiger partial charge >= 0.3 is 5.97 Å². The zero-order chi connectivity index (χ0) is 21.5. The van der Waals surface area contributed by atoms with Crippen molar-refractivity contribution >= 4 is 5.97 Å². The number of rotatable bonds is 8. The van der Waals surface area contributed by atoms with Gasteiger partial charge in [0.1, 0.15) is 17.2 Å². The average Bonchev–Trinajstić information content (AvgIpc) is 3.60. The van der Waals surface area contributed by atoms with Crippen molar-refractivity contribution < 1.29 is 24.1 Å². The molecule has 2 aromatic carbocycles. The van der Waals surface area contributed by atoms with E-state index in [9.17, 15) is 4.79 Å². The fourth-order valence-corrected chi connectivity index (χ4v) is 5.46. The van der Waals surface area contributed by atoms with E-state index < -0.39 is 5.97 Å². The molecule has 5 nitrogen and oxygen atoms in total. The van der Waals surface area contributed by atoms with E-state index in [0.717, 1.165) is 68.8 Å². The van der Waals surface area contributed by atoms with Crippen LogP contribution in [0.1, 0.15) is 50.5 Å². The minimum Gasteiger partial charge on any atom is -0.497 e. The number of fused-ring (bicyclic) bond motifs is 3. The lowest BCUT2D eigenvalue weighted by molar-refractivity contribution is -0.192. The van der Waals surface area contributed by atoms with Gasteiger partial charge in [-0.25, -0.2) is 0 Å².